The van der Waals surface area contributed by atoms with Crippen molar-refractivity contribution < 1.29 is 18.4 Å². The Kier molecular flexibility index (Phi) is 5.33. The molecule has 0 saturated carbocycles. The van der Waals surface area contributed by atoms with Crippen molar-refractivity contribution in [2.75, 3.05) is 31.6 Å². The number of hydrogen-bond acceptors (Lipinski definition) is 6. The van der Waals surface area contributed by atoms with Crippen LogP contribution in [0.3, 0.4) is 0 Å². The highest BCUT2D eigenvalue weighted by atomic mass is 32.2. The number of nitrogens with zero attached hydrogens (tertiary/aromatic N) is 2. The number of sulfonamides is 1. The third-order valence-corrected chi connectivity index (χ3v) is 5.44. The van der Waals surface area contributed by atoms with Crippen LogP contribution in [0.1, 0.15) is 19.3 Å². The molecule has 1 aliphatic heterocycles. The highest BCUT2D eigenvalue weighted by molar-refractivity contribution is 7.89. The molecule has 0 bridgehead atoms. The summed E-state index contributed by atoms with van der Waals surface area (Å²) in [7, 11) is -3.70. The van der Waals surface area contributed by atoms with Crippen molar-refractivity contribution >= 4 is 21.4 Å². The van der Waals surface area contributed by atoms with E-state index in [-0.39, 0.29) is 29.4 Å². The summed E-state index contributed by atoms with van der Waals surface area (Å²) in [5.41, 5.74) is -0.122. The first-order valence-corrected chi connectivity index (χ1v) is 8.54. The molecule has 2 N–H and O–H groups in total. The molecule has 9 heteroatoms. The smallest absolute Gasteiger partial charge is 0.293 e. The number of nitrogens with one attached hydrogen (secondary N) is 1. The first-order valence-electron chi connectivity index (χ1n) is 7.10. The normalized spacial score (nSPS) is 16.4. The first kappa shape index (κ1) is 16.7. The van der Waals surface area contributed by atoms with Crippen molar-refractivity contribution in [2.45, 2.75) is 24.2 Å². The lowest BCUT2D eigenvalue weighted by molar-refractivity contribution is -0.384. The molecule has 1 aromatic carbocycles. The molecule has 0 radical (unpaired) electrons. The van der Waals surface area contributed by atoms with E-state index in [4.69, 9.17) is 5.11 Å². The van der Waals surface area contributed by atoms with Crippen LogP contribution in [0, 0.1) is 10.1 Å². The lowest BCUT2D eigenvalue weighted by atomic mass is 10.2. The summed E-state index contributed by atoms with van der Waals surface area (Å²) in [5, 5.41) is 22.6. The minimum atomic E-state index is -3.70. The number of piperidine rings is 1. The minimum Gasteiger partial charge on any atom is -0.395 e. The number of nitro benzene ring substituents is 1. The molecule has 1 aliphatic rings. The van der Waals surface area contributed by atoms with E-state index in [9.17, 15) is 18.5 Å². The molecule has 0 aliphatic carbocycles. The van der Waals surface area contributed by atoms with Crippen LogP contribution >= 0.6 is 0 Å². The van der Waals surface area contributed by atoms with Gasteiger partial charge in [0.1, 0.15) is 5.69 Å². The van der Waals surface area contributed by atoms with Crippen molar-refractivity contribution in [3.8, 4) is 0 Å². The summed E-state index contributed by atoms with van der Waals surface area (Å²) in [5.74, 6) is 0. The molecule has 0 aromatic heterocycles. The van der Waals surface area contributed by atoms with Gasteiger partial charge in [0.15, 0.2) is 0 Å². The van der Waals surface area contributed by atoms with Crippen molar-refractivity contribution in [3.05, 3.63) is 28.3 Å². The van der Waals surface area contributed by atoms with E-state index < -0.39 is 14.9 Å². The number of aliphatic hydroxyl groups is 1. The van der Waals surface area contributed by atoms with Crippen LogP contribution < -0.4 is 5.32 Å². The molecule has 0 amide bonds. The summed E-state index contributed by atoms with van der Waals surface area (Å²) in [6.45, 7) is 0.866. The monoisotopic (exact) mass is 329 g/mol. The number of aliphatic hydroxyl groups excluding tert-OH is 1. The maximum Gasteiger partial charge on any atom is 0.293 e. The van der Waals surface area contributed by atoms with Crippen molar-refractivity contribution in [2.24, 2.45) is 0 Å². The van der Waals surface area contributed by atoms with Gasteiger partial charge >= 0.3 is 0 Å². The van der Waals surface area contributed by atoms with Crippen LogP contribution in [-0.4, -0.2) is 49.0 Å². The molecular weight excluding hydrogens is 310 g/mol. The van der Waals surface area contributed by atoms with E-state index in [0.717, 1.165) is 25.3 Å². The number of anilines is 1. The van der Waals surface area contributed by atoms with Gasteiger partial charge in [0.25, 0.3) is 5.69 Å². The molecule has 0 unspecified atom stereocenters. The average molecular weight is 329 g/mol. The molecule has 1 saturated heterocycles. The van der Waals surface area contributed by atoms with Crippen LogP contribution in [0.15, 0.2) is 23.1 Å². The molecule has 22 heavy (non-hydrogen) atoms. The summed E-state index contributed by atoms with van der Waals surface area (Å²) >= 11 is 0. The van der Waals surface area contributed by atoms with E-state index >= 15 is 0 Å². The van der Waals surface area contributed by atoms with Gasteiger partial charge in [0, 0.05) is 25.7 Å². The van der Waals surface area contributed by atoms with Gasteiger partial charge < -0.3 is 10.4 Å². The zero-order chi connectivity index (χ0) is 16.2. The third kappa shape index (κ3) is 3.54. The standard InChI is InChI=1S/C13H19N3O5S/c17-9-6-14-12-5-4-11(10-13(12)16(18)19)22(20,21)15-7-2-1-3-8-15/h4-5,10,14,17H,1-3,6-9H2. The van der Waals surface area contributed by atoms with E-state index in [2.05, 4.69) is 5.32 Å². The van der Waals surface area contributed by atoms with Crippen molar-refractivity contribution in [1.82, 2.24) is 4.31 Å². The maximum atomic E-state index is 12.5. The SMILES string of the molecule is O=[N+]([O-])c1cc(S(=O)(=O)N2CCCCC2)ccc1NCCO. The number of nitro groups is 1. The fraction of sp³-hybridized carbons (Fsp3) is 0.538. The summed E-state index contributed by atoms with van der Waals surface area (Å²) in [6.07, 6.45) is 2.60. The van der Waals surface area contributed by atoms with Gasteiger partial charge in [0.05, 0.1) is 16.4 Å². The van der Waals surface area contributed by atoms with Crippen LogP contribution in [0.25, 0.3) is 0 Å². The second kappa shape index (κ2) is 7.03. The summed E-state index contributed by atoms with van der Waals surface area (Å²) < 4.78 is 26.4. The van der Waals surface area contributed by atoms with Gasteiger partial charge in [0.2, 0.25) is 10.0 Å². The Bertz CT molecular complexity index is 641. The van der Waals surface area contributed by atoms with E-state index in [1.807, 2.05) is 0 Å². The zero-order valence-electron chi connectivity index (χ0n) is 12.1. The molecule has 0 atom stereocenters. The Labute approximate surface area is 128 Å². The largest absolute Gasteiger partial charge is 0.395 e. The Morgan fingerprint density at radius 3 is 2.55 bits per heavy atom. The second-order valence-electron chi connectivity index (χ2n) is 5.05. The highest BCUT2D eigenvalue weighted by Crippen LogP contribution is 2.29. The quantitative estimate of drug-likeness (QED) is 0.598. The predicted octanol–water partition coefficient (Wildman–Crippen LogP) is 1.17. The fourth-order valence-corrected chi connectivity index (χ4v) is 3.95. The Morgan fingerprint density at radius 2 is 1.95 bits per heavy atom. The molecule has 8 nitrogen and oxygen atoms in total. The van der Waals surface area contributed by atoms with Crippen LogP contribution in [0.2, 0.25) is 0 Å². The van der Waals surface area contributed by atoms with E-state index in [1.54, 1.807) is 0 Å². The summed E-state index contributed by atoms with van der Waals surface area (Å²) in [4.78, 5) is 10.4. The van der Waals surface area contributed by atoms with Gasteiger partial charge in [-0.05, 0) is 25.0 Å². The number of benzene rings is 1. The maximum absolute atomic E-state index is 12.5. The fourth-order valence-electron chi connectivity index (χ4n) is 2.42. The Morgan fingerprint density at radius 1 is 1.27 bits per heavy atom. The van der Waals surface area contributed by atoms with E-state index in [1.165, 1.54) is 16.4 Å². The topological polar surface area (TPSA) is 113 Å². The highest BCUT2D eigenvalue weighted by Gasteiger charge is 2.28. The van der Waals surface area contributed by atoms with Gasteiger partial charge in [-0.2, -0.15) is 4.31 Å². The van der Waals surface area contributed by atoms with Crippen LogP contribution in [0.5, 0.6) is 0 Å². The minimum absolute atomic E-state index is 0.0735. The Hall–Kier alpha value is -1.71. The molecule has 122 valence electrons. The van der Waals surface area contributed by atoms with Gasteiger partial charge in [-0.25, -0.2) is 8.42 Å². The molecule has 1 fully saturated rings. The second-order valence-corrected chi connectivity index (χ2v) is 6.99. The number of rotatable bonds is 6. The molecule has 2 rings (SSSR count). The molecule has 0 spiro atoms. The summed E-state index contributed by atoms with van der Waals surface area (Å²) in [6, 6.07) is 3.80. The predicted molar refractivity (Wildman–Crippen MR) is 81.3 cm³/mol. The van der Waals surface area contributed by atoms with E-state index in [0.29, 0.717) is 13.1 Å². The Balaban J connectivity index is 2.35. The lowest BCUT2D eigenvalue weighted by Gasteiger charge is -2.25. The zero-order valence-corrected chi connectivity index (χ0v) is 12.9. The van der Waals surface area contributed by atoms with Gasteiger partial charge in [-0.15, -0.1) is 0 Å². The third-order valence-electron chi connectivity index (χ3n) is 3.55. The van der Waals surface area contributed by atoms with Crippen LogP contribution in [0.4, 0.5) is 11.4 Å². The average Bonchev–Trinajstić information content (AvgIpc) is 2.53. The first-order chi connectivity index (χ1) is 10.5. The lowest BCUT2D eigenvalue weighted by Crippen LogP contribution is -2.35. The number of hydrogen-bond donors (Lipinski definition) is 2. The molecule has 1 aromatic rings. The van der Waals surface area contributed by atoms with Gasteiger partial charge in [-0.3, -0.25) is 10.1 Å². The van der Waals surface area contributed by atoms with Gasteiger partial charge in [-0.1, -0.05) is 6.42 Å². The van der Waals surface area contributed by atoms with Crippen molar-refractivity contribution in [3.63, 3.8) is 0 Å². The molecular formula is C13H19N3O5S. The molecule has 1 heterocycles. The van der Waals surface area contributed by atoms with Crippen LogP contribution in [-0.2, 0) is 10.0 Å². The van der Waals surface area contributed by atoms with Crippen molar-refractivity contribution in [1.29, 1.82) is 0 Å².